The van der Waals surface area contributed by atoms with Gasteiger partial charge in [0, 0.05) is 66.8 Å². The number of hydrogen-bond acceptors (Lipinski definition) is 6. The molecule has 0 radical (unpaired) electrons. The van der Waals surface area contributed by atoms with Crippen LogP contribution in [0.25, 0.3) is 11.8 Å². The maximum atomic E-state index is 11.5. The summed E-state index contributed by atoms with van der Waals surface area (Å²) in [5.74, 6) is 40.7. The molecule has 11 heteroatoms. The van der Waals surface area contributed by atoms with E-state index in [-0.39, 0.29) is 52.1 Å². The van der Waals surface area contributed by atoms with Gasteiger partial charge in [-0.1, -0.05) is 85.1 Å². The van der Waals surface area contributed by atoms with E-state index in [0.29, 0.717) is 61.2 Å². The summed E-state index contributed by atoms with van der Waals surface area (Å²) in [7, 11) is 0. The minimum Gasteiger partial charge on any atom is -0.508 e. The summed E-state index contributed by atoms with van der Waals surface area (Å²) >= 11 is 0. The summed E-state index contributed by atoms with van der Waals surface area (Å²) in [5.41, 5.74) is 6.37. The average molecular weight is 1030 g/mol. The fraction of sp³-hybridized carbons (Fsp3) is 0.0147. The predicted octanol–water partition coefficient (Wildman–Crippen LogP) is 10.4. The lowest BCUT2D eigenvalue weighted by atomic mass is 10.0. The molecule has 0 fully saturated rings. The quantitative estimate of drug-likeness (QED) is 0.0654. The first-order valence-electron chi connectivity index (χ1n) is 22.8. The molecule has 0 aliphatic rings. The van der Waals surface area contributed by atoms with Crippen LogP contribution in [-0.2, 0) is 0 Å². The van der Waals surface area contributed by atoms with Gasteiger partial charge >= 0.3 is 29.8 Å². The molecule has 0 aromatic heterocycles. The van der Waals surface area contributed by atoms with Gasteiger partial charge in [-0.05, 0) is 187 Å². The Bertz CT molecular complexity index is 3940. The van der Waals surface area contributed by atoms with Crippen LogP contribution < -0.4 is 0 Å². The van der Waals surface area contributed by atoms with Crippen molar-refractivity contribution in [3.63, 3.8) is 0 Å². The Morgan fingerprint density at radius 3 is 0.861 bits per heavy atom. The molecule has 0 atom stereocenters. The molecular weight excluding hydrogens is 993 g/mol. The van der Waals surface area contributed by atoms with Crippen LogP contribution in [0.2, 0.25) is 0 Å². The van der Waals surface area contributed by atoms with E-state index in [4.69, 9.17) is 0 Å². The fourth-order valence-corrected chi connectivity index (χ4v) is 6.80. The van der Waals surface area contributed by atoms with Gasteiger partial charge in [-0.25, -0.2) is 24.0 Å². The monoisotopic (exact) mass is 1030 g/mol. The van der Waals surface area contributed by atoms with Crippen molar-refractivity contribution < 1.29 is 54.6 Å². The number of aliphatic hydroxyl groups is 1. The van der Waals surface area contributed by atoms with E-state index < -0.39 is 29.8 Å². The molecule has 0 saturated carbocycles. The molecule has 0 saturated heterocycles. The second kappa shape index (κ2) is 26.6. The number of benzene rings is 7. The van der Waals surface area contributed by atoms with Crippen molar-refractivity contribution in [2.45, 2.75) is 7.43 Å². The van der Waals surface area contributed by atoms with Crippen molar-refractivity contribution >= 4 is 41.7 Å². The first-order valence-corrected chi connectivity index (χ1v) is 22.8. The first-order chi connectivity index (χ1) is 37.5. The molecule has 0 bridgehead atoms. The van der Waals surface area contributed by atoms with Crippen LogP contribution >= 0.6 is 0 Å². The molecule has 6 N–H and O–H groups in total. The van der Waals surface area contributed by atoms with Gasteiger partial charge in [0.15, 0.2) is 0 Å². The molecule has 0 amide bonds. The maximum Gasteiger partial charge on any atom is 0.335 e. The molecule has 0 heterocycles. The van der Waals surface area contributed by atoms with Crippen LogP contribution in [0.1, 0.15) is 132 Å². The number of carbonyl (C=O) groups is 5. The molecule has 0 aliphatic carbocycles. The summed E-state index contributed by atoms with van der Waals surface area (Å²) in [6.45, 7) is 3.45. The Balaban J connectivity index is 0.0000101. The standard InChI is InChI=1S/C67H34O11.CH4/c1-44(68)57-35-51(36-58(41-57)63(69)70)11-5-2-8-45-14-20-48(21-15-45)26-29-54-32-55(30-27-49-22-16-46(17-23-49)9-3-6-12-52-37-59(64(71)72)42-60(38-52)65(73)74)34-56(33-54)31-28-50-24-18-47(19-25-50)10-4-7-13-53-39-61(66(75)76)43-62(40-53)67(77)78;/h6,12,14-25,32-43,68H,1H2,(H,69,70)(H,71,72)(H,73,74)(H,75,76)(H,77,78);1H4. The molecule has 7 aromatic rings. The summed E-state index contributed by atoms with van der Waals surface area (Å²) < 4.78 is 0. The highest BCUT2D eigenvalue weighted by Crippen LogP contribution is 2.17. The zero-order valence-electron chi connectivity index (χ0n) is 40.4. The van der Waals surface area contributed by atoms with Crippen LogP contribution in [0.4, 0.5) is 0 Å². The number of allylic oxidation sites excluding steroid dienone is 1. The second-order valence-electron chi connectivity index (χ2n) is 16.3. The second-order valence-corrected chi connectivity index (χ2v) is 16.3. The van der Waals surface area contributed by atoms with Crippen molar-refractivity contribution in [2.24, 2.45) is 0 Å². The Morgan fingerprint density at radius 1 is 0.304 bits per heavy atom. The van der Waals surface area contributed by atoms with Crippen molar-refractivity contribution in [1.29, 1.82) is 0 Å². The summed E-state index contributed by atoms with van der Waals surface area (Å²) in [4.78, 5) is 57.3. The number of aromatic carboxylic acids is 5. The fourth-order valence-electron chi connectivity index (χ4n) is 6.80. The Hall–Kier alpha value is -12.4. The Labute approximate surface area is 454 Å². The zero-order chi connectivity index (χ0) is 55.6. The van der Waals surface area contributed by atoms with Crippen molar-refractivity contribution in [3.8, 4) is 94.7 Å². The molecule has 0 unspecified atom stereocenters. The summed E-state index contributed by atoms with van der Waals surface area (Å²) in [5, 5.41) is 56.6. The van der Waals surface area contributed by atoms with Gasteiger partial charge in [0.05, 0.1) is 27.8 Å². The molecule has 7 rings (SSSR count). The SMILES string of the molecule is C.C=C(O)c1cc(C#CC#Cc2ccc(C#Cc3cc(C#Cc4ccc(C#CC#Cc5cc(C(=O)O)cc(C(=O)O)c5)cc4)cc(C#Cc4ccc(C#CC=Cc5cc(C(=O)O)cc(C(=O)O)c5)cc4)c3)cc2)cc(C(=O)O)c1. The average Bonchev–Trinajstić information content (AvgIpc) is 3.43. The van der Waals surface area contributed by atoms with Crippen LogP contribution in [0.15, 0.2) is 158 Å². The van der Waals surface area contributed by atoms with E-state index in [1.165, 1.54) is 54.6 Å². The number of carboxylic acid groups (broad SMARTS) is 5. The van der Waals surface area contributed by atoms with Gasteiger partial charge in [-0.15, -0.1) is 0 Å². The van der Waals surface area contributed by atoms with Crippen LogP contribution in [0.3, 0.4) is 0 Å². The van der Waals surface area contributed by atoms with Crippen LogP contribution in [-0.4, -0.2) is 60.5 Å². The predicted molar refractivity (Wildman–Crippen MR) is 300 cm³/mol. The van der Waals surface area contributed by atoms with E-state index in [0.717, 1.165) is 12.1 Å². The van der Waals surface area contributed by atoms with Crippen LogP contribution in [0, 0.1) is 94.7 Å². The van der Waals surface area contributed by atoms with Gasteiger partial charge in [0.25, 0.3) is 0 Å². The van der Waals surface area contributed by atoms with E-state index in [2.05, 4.69) is 101 Å². The third kappa shape index (κ3) is 16.8. The molecule has 0 aliphatic heterocycles. The largest absolute Gasteiger partial charge is 0.508 e. The minimum absolute atomic E-state index is 0. The van der Waals surface area contributed by atoms with Crippen molar-refractivity contribution in [3.05, 3.63) is 258 Å². The minimum atomic E-state index is -1.28. The highest BCUT2D eigenvalue weighted by Gasteiger charge is 2.12. The van der Waals surface area contributed by atoms with Gasteiger partial charge in [0.2, 0.25) is 0 Å². The first kappa shape index (κ1) is 56.0. The lowest BCUT2D eigenvalue weighted by Gasteiger charge is -2.02. The van der Waals surface area contributed by atoms with E-state index in [1.54, 1.807) is 48.5 Å². The van der Waals surface area contributed by atoms with E-state index in [9.17, 15) is 54.6 Å². The van der Waals surface area contributed by atoms with Crippen molar-refractivity contribution in [2.75, 3.05) is 0 Å². The van der Waals surface area contributed by atoms with E-state index >= 15 is 0 Å². The lowest BCUT2D eigenvalue weighted by Crippen LogP contribution is -2.03. The highest BCUT2D eigenvalue weighted by atomic mass is 16.4. The molecule has 79 heavy (non-hydrogen) atoms. The topological polar surface area (TPSA) is 207 Å². The smallest absolute Gasteiger partial charge is 0.335 e. The Morgan fingerprint density at radius 2 is 0.544 bits per heavy atom. The van der Waals surface area contributed by atoms with Gasteiger partial charge in [-0.3, -0.25) is 0 Å². The van der Waals surface area contributed by atoms with Gasteiger partial charge < -0.3 is 30.6 Å². The number of rotatable bonds is 7. The Kier molecular flexibility index (Phi) is 18.8. The number of hydrogen-bond donors (Lipinski definition) is 6. The molecular formula is C68H38O11. The van der Waals surface area contributed by atoms with Crippen molar-refractivity contribution in [1.82, 2.24) is 0 Å². The molecule has 11 nitrogen and oxygen atoms in total. The molecule has 376 valence electrons. The van der Waals surface area contributed by atoms with Gasteiger partial charge in [0.1, 0.15) is 5.76 Å². The van der Waals surface area contributed by atoms with Gasteiger partial charge in [-0.2, -0.15) is 0 Å². The maximum absolute atomic E-state index is 11.5. The van der Waals surface area contributed by atoms with E-state index in [1.807, 2.05) is 42.5 Å². The zero-order valence-corrected chi connectivity index (χ0v) is 40.4. The summed E-state index contributed by atoms with van der Waals surface area (Å²) in [6.07, 6.45) is 3.03. The van der Waals surface area contributed by atoms with Crippen LogP contribution in [0.5, 0.6) is 0 Å². The number of aliphatic hydroxyl groups excluding tert-OH is 1. The third-order valence-electron chi connectivity index (χ3n) is 10.6. The molecule has 7 aromatic carbocycles. The third-order valence-corrected chi connectivity index (χ3v) is 10.6. The molecule has 0 spiro atoms. The number of carboxylic acids is 5. The summed E-state index contributed by atoms with van der Waals surface area (Å²) in [6, 6.07) is 38.6. The highest BCUT2D eigenvalue weighted by molar-refractivity contribution is 5.96. The normalized spacial score (nSPS) is 9.42. The lowest BCUT2D eigenvalue weighted by molar-refractivity contribution is 0.0676.